The lowest BCUT2D eigenvalue weighted by atomic mass is 9.86. The van der Waals surface area contributed by atoms with E-state index in [1.165, 1.54) is 12.3 Å². The summed E-state index contributed by atoms with van der Waals surface area (Å²) >= 11 is 0. The molecular weight excluding hydrogens is 400 g/mol. The molecule has 1 aromatic heterocycles. The van der Waals surface area contributed by atoms with Crippen LogP contribution in [-0.2, 0) is 4.74 Å². The van der Waals surface area contributed by atoms with Gasteiger partial charge in [-0.15, -0.1) is 0 Å². The van der Waals surface area contributed by atoms with Gasteiger partial charge in [0, 0.05) is 44.0 Å². The van der Waals surface area contributed by atoms with Crippen molar-refractivity contribution in [3.05, 3.63) is 51.6 Å². The zero-order valence-electron chi connectivity index (χ0n) is 18.1. The summed E-state index contributed by atoms with van der Waals surface area (Å²) < 4.78 is 18.7. The van der Waals surface area contributed by atoms with E-state index in [-0.39, 0.29) is 29.3 Å². The SMILES string of the molecule is [C-]#[N+]c1cc2c(cc1OCCCOC)OCC(C(C)(C)C)n1cc(C(=O)O)c(=O)cc1-2. The molecule has 1 aliphatic rings. The van der Waals surface area contributed by atoms with Crippen LogP contribution in [0, 0.1) is 12.0 Å². The van der Waals surface area contributed by atoms with Gasteiger partial charge >= 0.3 is 5.97 Å². The number of aromatic carboxylic acids is 1. The van der Waals surface area contributed by atoms with Gasteiger partial charge in [0.15, 0.2) is 5.43 Å². The van der Waals surface area contributed by atoms with Gasteiger partial charge in [-0.2, -0.15) is 0 Å². The maximum Gasteiger partial charge on any atom is 0.341 e. The van der Waals surface area contributed by atoms with E-state index in [4.69, 9.17) is 20.8 Å². The van der Waals surface area contributed by atoms with Gasteiger partial charge in [-0.3, -0.25) is 4.79 Å². The van der Waals surface area contributed by atoms with Crippen LogP contribution in [0.5, 0.6) is 11.5 Å². The smallest absolute Gasteiger partial charge is 0.341 e. The Labute approximate surface area is 180 Å². The molecule has 1 atom stereocenters. The molecule has 0 fully saturated rings. The first-order valence-corrected chi connectivity index (χ1v) is 9.97. The maximum atomic E-state index is 12.5. The minimum absolute atomic E-state index is 0.240. The monoisotopic (exact) mass is 426 g/mol. The van der Waals surface area contributed by atoms with Crippen molar-refractivity contribution in [3.8, 4) is 22.8 Å². The summed E-state index contributed by atoms with van der Waals surface area (Å²) in [5.41, 5.74) is 0.169. The van der Waals surface area contributed by atoms with Crippen molar-refractivity contribution in [2.45, 2.75) is 33.2 Å². The van der Waals surface area contributed by atoms with Gasteiger partial charge in [-0.05, 0) is 11.5 Å². The second-order valence-electron chi connectivity index (χ2n) is 8.46. The van der Waals surface area contributed by atoms with Crippen molar-refractivity contribution in [2.75, 3.05) is 26.9 Å². The van der Waals surface area contributed by atoms with Crippen molar-refractivity contribution in [2.24, 2.45) is 5.41 Å². The summed E-state index contributed by atoms with van der Waals surface area (Å²) in [6.45, 7) is 14.8. The highest BCUT2D eigenvalue weighted by atomic mass is 16.5. The summed E-state index contributed by atoms with van der Waals surface area (Å²) in [5, 5.41) is 9.45. The largest absolute Gasteiger partial charge is 0.504 e. The van der Waals surface area contributed by atoms with E-state index in [1.54, 1.807) is 23.8 Å². The summed E-state index contributed by atoms with van der Waals surface area (Å²) in [6.07, 6.45) is 2.05. The Morgan fingerprint density at radius 2 is 2.06 bits per heavy atom. The molecule has 2 aromatic rings. The number of aromatic nitrogens is 1. The number of carboxylic acids is 1. The van der Waals surface area contributed by atoms with Gasteiger partial charge in [0.25, 0.3) is 0 Å². The molecule has 0 amide bonds. The second-order valence-corrected chi connectivity index (χ2v) is 8.46. The number of ether oxygens (including phenoxy) is 3. The van der Waals surface area contributed by atoms with Crippen LogP contribution < -0.4 is 14.9 Å². The summed E-state index contributed by atoms with van der Waals surface area (Å²) in [7, 11) is 1.61. The molecule has 2 heterocycles. The first-order chi connectivity index (χ1) is 14.7. The van der Waals surface area contributed by atoms with E-state index in [0.717, 1.165) is 0 Å². The van der Waals surface area contributed by atoms with Gasteiger partial charge in [-0.1, -0.05) is 20.8 Å². The standard InChI is InChI=1S/C23H26N2O6/c1-23(2,3)21-13-31-19-11-20(30-8-6-7-29-5)16(24-4)9-14(19)17-10-18(26)15(22(27)28)12-25(17)21/h9-12,21H,6-8,13H2,1-3,5H3,(H,27,28). The molecule has 0 spiro atoms. The van der Waals surface area contributed by atoms with Crippen LogP contribution in [0.2, 0.25) is 0 Å². The van der Waals surface area contributed by atoms with E-state index < -0.39 is 11.4 Å². The van der Waals surface area contributed by atoms with Gasteiger partial charge < -0.3 is 23.9 Å². The third-order valence-corrected chi connectivity index (χ3v) is 5.25. The number of hydrogen-bond donors (Lipinski definition) is 1. The van der Waals surface area contributed by atoms with Crippen LogP contribution in [-0.4, -0.2) is 42.6 Å². The molecule has 8 nitrogen and oxygen atoms in total. The number of methoxy groups -OCH3 is 1. The van der Waals surface area contributed by atoms with Crippen LogP contribution in [0.4, 0.5) is 5.69 Å². The Kier molecular flexibility index (Phi) is 6.37. The van der Waals surface area contributed by atoms with Crippen LogP contribution in [0.25, 0.3) is 16.1 Å². The predicted molar refractivity (Wildman–Crippen MR) is 115 cm³/mol. The molecule has 0 aliphatic carbocycles. The van der Waals surface area contributed by atoms with Crippen molar-refractivity contribution in [3.63, 3.8) is 0 Å². The number of fused-ring (bicyclic) bond motifs is 3. The molecule has 164 valence electrons. The Morgan fingerprint density at radius 1 is 1.32 bits per heavy atom. The molecule has 1 N–H and O–H groups in total. The normalized spacial score (nSPS) is 15.1. The first-order valence-electron chi connectivity index (χ1n) is 9.97. The molecule has 0 saturated heterocycles. The van der Waals surface area contributed by atoms with Crippen molar-refractivity contribution in [1.29, 1.82) is 0 Å². The fourth-order valence-electron chi connectivity index (χ4n) is 3.56. The number of hydrogen-bond acceptors (Lipinski definition) is 5. The Balaban J connectivity index is 2.18. The molecule has 0 bridgehead atoms. The minimum atomic E-state index is -1.28. The number of pyridine rings is 1. The maximum absolute atomic E-state index is 12.5. The molecule has 1 aromatic carbocycles. The average Bonchev–Trinajstić information content (AvgIpc) is 2.85. The second kappa shape index (κ2) is 8.82. The Hall–Kier alpha value is -3.31. The first kappa shape index (κ1) is 22.4. The quantitative estimate of drug-likeness (QED) is 0.551. The van der Waals surface area contributed by atoms with Crippen LogP contribution in [0.15, 0.2) is 29.2 Å². The van der Waals surface area contributed by atoms with Crippen molar-refractivity contribution >= 4 is 11.7 Å². The van der Waals surface area contributed by atoms with Crippen LogP contribution in [0.3, 0.4) is 0 Å². The van der Waals surface area contributed by atoms with Gasteiger partial charge in [0.1, 0.15) is 23.7 Å². The fourth-order valence-corrected chi connectivity index (χ4v) is 3.56. The lowest BCUT2D eigenvalue weighted by molar-refractivity contribution is 0.0693. The number of rotatable bonds is 6. The molecule has 3 rings (SSSR count). The van der Waals surface area contributed by atoms with E-state index >= 15 is 0 Å². The Bertz CT molecular complexity index is 1090. The lowest BCUT2D eigenvalue weighted by Gasteiger charge is -2.32. The molecule has 0 radical (unpaired) electrons. The highest BCUT2D eigenvalue weighted by molar-refractivity contribution is 5.88. The molecule has 1 unspecified atom stereocenters. The molecular formula is C23H26N2O6. The van der Waals surface area contributed by atoms with Gasteiger partial charge in [-0.25, -0.2) is 9.64 Å². The summed E-state index contributed by atoms with van der Waals surface area (Å²) in [6, 6.07) is 4.37. The molecule has 8 heteroatoms. The predicted octanol–water partition coefficient (Wildman–Crippen LogP) is 4.16. The molecule has 31 heavy (non-hydrogen) atoms. The number of carbonyl (C=O) groups is 1. The van der Waals surface area contributed by atoms with E-state index in [9.17, 15) is 14.7 Å². The summed E-state index contributed by atoms with van der Waals surface area (Å²) in [4.78, 5) is 27.7. The third kappa shape index (κ3) is 4.57. The summed E-state index contributed by atoms with van der Waals surface area (Å²) in [5.74, 6) is -0.396. The Morgan fingerprint density at radius 3 is 2.68 bits per heavy atom. The van der Waals surface area contributed by atoms with Gasteiger partial charge in [0.05, 0.1) is 24.9 Å². The van der Waals surface area contributed by atoms with Gasteiger partial charge in [0.2, 0.25) is 5.69 Å². The van der Waals surface area contributed by atoms with Crippen molar-refractivity contribution < 1.29 is 24.1 Å². The molecule has 0 saturated carbocycles. The van der Waals surface area contributed by atoms with Crippen molar-refractivity contribution in [1.82, 2.24) is 4.57 Å². The zero-order chi connectivity index (χ0) is 22.8. The lowest BCUT2D eigenvalue weighted by Crippen LogP contribution is -2.31. The van der Waals surface area contributed by atoms with Crippen LogP contribution >= 0.6 is 0 Å². The van der Waals surface area contributed by atoms with Crippen LogP contribution in [0.1, 0.15) is 43.6 Å². The van der Waals surface area contributed by atoms with E-state index in [1.807, 2.05) is 20.8 Å². The zero-order valence-corrected chi connectivity index (χ0v) is 18.1. The number of nitrogens with zero attached hydrogens (tertiary/aromatic N) is 2. The average molecular weight is 426 g/mol. The molecule has 1 aliphatic heterocycles. The third-order valence-electron chi connectivity index (χ3n) is 5.25. The number of benzene rings is 1. The highest BCUT2D eigenvalue weighted by Crippen LogP contribution is 2.45. The fraction of sp³-hybridized carbons (Fsp3) is 0.435. The minimum Gasteiger partial charge on any atom is -0.504 e. The highest BCUT2D eigenvalue weighted by Gasteiger charge is 2.33. The van der Waals surface area contributed by atoms with E-state index in [0.29, 0.717) is 42.4 Å². The number of carboxylic acid groups (broad SMARTS) is 1. The van der Waals surface area contributed by atoms with E-state index in [2.05, 4.69) is 4.85 Å². The topological polar surface area (TPSA) is 91.3 Å².